The minimum Gasteiger partial charge on any atom is -0.379 e. The minimum atomic E-state index is -4.01. The highest BCUT2D eigenvalue weighted by atomic mass is 32.2. The molecule has 0 saturated heterocycles. The fourth-order valence-electron chi connectivity index (χ4n) is 1.79. The lowest BCUT2D eigenvalue weighted by molar-refractivity contribution is -0.384. The van der Waals surface area contributed by atoms with Crippen LogP contribution in [0, 0.1) is 24.0 Å². The van der Waals surface area contributed by atoms with E-state index < -0.39 is 15.0 Å². The van der Waals surface area contributed by atoms with Gasteiger partial charge in [-0.15, -0.1) is 0 Å². The summed E-state index contributed by atoms with van der Waals surface area (Å²) in [5, 5.41) is 10.6. The molecule has 0 aliphatic carbocycles. The third kappa shape index (κ3) is 3.38. The molecule has 2 aromatic rings. The van der Waals surface area contributed by atoms with Crippen molar-refractivity contribution in [2.75, 3.05) is 0 Å². The molecular formula is C14H13NO5S. The molecule has 21 heavy (non-hydrogen) atoms. The second kappa shape index (κ2) is 5.53. The molecule has 2 aromatic carbocycles. The first-order valence-electron chi connectivity index (χ1n) is 6.06. The maximum atomic E-state index is 12.1. The van der Waals surface area contributed by atoms with Crippen LogP contribution >= 0.6 is 0 Å². The average Bonchev–Trinajstić information content (AvgIpc) is 2.42. The number of non-ortho nitro benzene ring substituents is 1. The Morgan fingerprint density at radius 1 is 1.05 bits per heavy atom. The van der Waals surface area contributed by atoms with Gasteiger partial charge in [-0.2, -0.15) is 8.42 Å². The van der Waals surface area contributed by atoms with E-state index in [1.165, 1.54) is 0 Å². The second-order valence-corrected chi connectivity index (χ2v) is 6.10. The summed E-state index contributed by atoms with van der Waals surface area (Å²) >= 11 is 0. The summed E-state index contributed by atoms with van der Waals surface area (Å²) in [6.07, 6.45) is 0. The van der Waals surface area contributed by atoms with Gasteiger partial charge in [0.2, 0.25) is 0 Å². The number of nitrogens with zero attached hydrogens (tertiary/aromatic N) is 1. The van der Waals surface area contributed by atoms with Gasteiger partial charge < -0.3 is 4.18 Å². The predicted octanol–water partition coefficient (Wildman–Crippen LogP) is 2.98. The van der Waals surface area contributed by atoms with Crippen molar-refractivity contribution in [2.24, 2.45) is 0 Å². The van der Waals surface area contributed by atoms with E-state index >= 15 is 0 Å². The van der Waals surface area contributed by atoms with Gasteiger partial charge in [0.05, 0.1) is 4.92 Å². The summed E-state index contributed by atoms with van der Waals surface area (Å²) in [6.45, 7) is 3.63. The van der Waals surface area contributed by atoms with Crippen LogP contribution in [0.1, 0.15) is 11.1 Å². The van der Waals surface area contributed by atoms with Crippen molar-refractivity contribution in [3.63, 3.8) is 0 Å². The van der Waals surface area contributed by atoms with E-state index in [0.717, 1.165) is 29.8 Å². The normalized spacial score (nSPS) is 11.1. The fourth-order valence-corrected chi connectivity index (χ4v) is 2.78. The molecule has 0 N–H and O–H groups in total. The zero-order valence-corrected chi connectivity index (χ0v) is 12.3. The summed E-state index contributed by atoms with van der Waals surface area (Å²) < 4.78 is 29.3. The first kappa shape index (κ1) is 15.0. The second-order valence-electron chi connectivity index (χ2n) is 4.56. The van der Waals surface area contributed by atoms with E-state index in [1.807, 2.05) is 6.92 Å². The maximum Gasteiger partial charge on any atom is 0.339 e. The standard InChI is InChI=1S/C14H13NO5S/c1-10-3-8-14(11(2)9-10)20-21(18,19)13-6-4-12(5-7-13)15(16)17/h3-9H,1-2H3. The van der Waals surface area contributed by atoms with Crippen LogP contribution in [0.25, 0.3) is 0 Å². The maximum absolute atomic E-state index is 12.1. The molecule has 0 bridgehead atoms. The number of rotatable bonds is 4. The molecule has 0 spiro atoms. The molecule has 0 unspecified atom stereocenters. The van der Waals surface area contributed by atoms with E-state index in [1.54, 1.807) is 25.1 Å². The molecule has 0 aliphatic rings. The highest BCUT2D eigenvalue weighted by Crippen LogP contribution is 2.24. The van der Waals surface area contributed by atoms with E-state index in [0.29, 0.717) is 5.56 Å². The molecule has 0 heterocycles. The zero-order chi connectivity index (χ0) is 15.6. The van der Waals surface area contributed by atoms with Crippen LogP contribution in [0.15, 0.2) is 47.4 Å². The average molecular weight is 307 g/mol. The number of nitro groups is 1. The SMILES string of the molecule is Cc1ccc(OS(=O)(=O)c2ccc([N+](=O)[O-])cc2)c(C)c1. The van der Waals surface area contributed by atoms with Gasteiger partial charge in [-0.05, 0) is 37.6 Å². The Morgan fingerprint density at radius 3 is 2.19 bits per heavy atom. The fraction of sp³-hybridized carbons (Fsp3) is 0.143. The minimum absolute atomic E-state index is 0.131. The Hall–Kier alpha value is -2.41. The van der Waals surface area contributed by atoms with Crippen molar-refractivity contribution in [1.29, 1.82) is 0 Å². The van der Waals surface area contributed by atoms with Crippen molar-refractivity contribution >= 4 is 15.8 Å². The number of hydrogen-bond donors (Lipinski definition) is 0. The van der Waals surface area contributed by atoms with Crippen LogP contribution in [0.5, 0.6) is 5.75 Å². The highest BCUT2D eigenvalue weighted by molar-refractivity contribution is 7.87. The molecule has 0 amide bonds. The van der Waals surface area contributed by atoms with E-state index in [4.69, 9.17) is 4.18 Å². The van der Waals surface area contributed by atoms with Gasteiger partial charge in [0, 0.05) is 12.1 Å². The van der Waals surface area contributed by atoms with Gasteiger partial charge in [-0.3, -0.25) is 10.1 Å². The lowest BCUT2D eigenvalue weighted by Crippen LogP contribution is -2.10. The smallest absolute Gasteiger partial charge is 0.339 e. The summed E-state index contributed by atoms with van der Waals surface area (Å²) in [5.41, 5.74) is 1.51. The quantitative estimate of drug-likeness (QED) is 0.492. The molecule has 0 aliphatic heterocycles. The first-order chi connectivity index (χ1) is 9.79. The largest absolute Gasteiger partial charge is 0.379 e. The Morgan fingerprint density at radius 2 is 1.67 bits per heavy atom. The molecule has 0 aromatic heterocycles. The highest BCUT2D eigenvalue weighted by Gasteiger charge is 2.19. The summed E-state index contributed by atoms with van der Waals surface area (Å²) in [4.78, 5) is 9.83. The van der Waals surface area contributed by atoms with Gasteiger partial charge in [0.15, 0.2) is 0 Å². The lowest BCUT2D eigenvalue weighted by atomic mass is 10.1. The molecule has 0 atom stereocenters. The van der Waals surface area contributed by atoms with Crippen molar-refractivity contribution in [3.8, 4) is 5.75 Å². The summed E-state index contributed by atoms with van der Waals surface area (Å²) in [7, 11) is -4.01. The Balaban J connectivity index is 2.31. The number of hydrogen-bond acceptors (Lipinski definition) is 5. The van der Waals surface area contributed by atoms with Gasteiger partial charge in [-0.25, -0.2) is 0 Å². The molecule has 110 valence electrons. The van der Waals surface area contributed by atoms with Crippen molar-refractivity contribution < 1.29 is 17.5 Å². The van der Waals surface area contributed by atoms with Gasteiger partial charge in [0.25, 0.3) is 5.69 Å². The lowest BCUT2D eigenvalue weighted by Gasteiger charge is -2.09. The molecule has 0 saturated carbocycles. The van der Waals surface area contributed by atoms with E-state index in [-0.39, 0.29) is 16.3 Å². The molecule has 6 nitrogen and oxygen atoms in total. The van der Waals surface area contributed by atoms with Crippen LogP contribution in [0.3, 0.4) is 0 Å². The van der Waals surface area contributed by atoms with Crippen LogP contribution in [-0.4, -0.2) is 13.3 Å². The third-order valence-corrected chi connectivity index (χ3v) is 4.11. The monoisotopic (exact) mass is 307 g/mol. The van der Waals surface area contributed by atoms with Crippen LogP contribution in [-0.2, 0) is 10.1 Å². The predicted molar refractivity (Wildman–Crippen MR) is 76.8 cm³/mol. The Kier molecular flexibility index (Phi) is 3.95. The summed E-state index contributed by atoms with van der Waals surface area (Å²) in [6, 6.07) is 9.67. The van der Waals surface area contributed by atoms with Crippen molar-refractivity contribution in [1.82, 2.24) is 0 Å². The topological polar surface area (TPSA) is 86.5 Å². The van der Waals surface area contributed by atoms with E-state index in [9.17, 15) is 18.5 Å². The third-order valence-electron chi connectivity index (χ3n) is 2.87. The number of aryl methyl sites for hydroxylation is 2. The molecule has 0 radical (unpaired) electrons. The van der Waals surface area contributed by atoms with Crippen LogP contribution in [0.2, 0.25) is 0 Å². The molecule has 0 fully saturated rings. The Labute approximate surface area is 122 Å². The molecule has 2 rings (SSSR count). The first-order valence-corrected chi connectivity index (χ1v) is 7.46. The Bertz CT molecular complexity index is 782. The summed E-state index contributed by atoms with van der Waals surface area (Å²) in [5.74, 6) is 0.235. The van der Waals surface area contributed by atoms with Gasteiger partial charge in [0.1, 0.15) is 10.6 Å². The zero-order valence-electron chi connectivity index (χ0n) is 11.4. The number of benzene rings is 2. The van der Waals surface area contributed by atoms with Crippen molar-refractivity contribution in [2.45, 2.75) is 18.7 Å². The molecule has 7 heteroatoms. The van der Waals surface area contributed by atoms with Gasteiger partial charge >= 0.3 is 10.1 Å². The van der Waals surface area contributed by atoms with Gasteiger partial charge in [-0.1, -0.05) is 17.7 Å². The number of nitro benzene ring substituents is 1. The molecular weight excluding hydrogens is 294 g/mol. The van der Waals surface area contributed by atoms with E-state index in [2.05, 4.69) is 0 Å². The van der Waals surface area contributed by atoms with Crippen molar-refractivity contribution in [3.05, 3.63) is 63.7 Å². The van der Waals surface area contributed by atoms with Crippen LogP contribution in [0.4, 0.5) is 5.69 Å². The van der Waals surface area contributed by atoms with Crippen LogP contribution < -0.4 is 4.18 Å².